The average Bonchev–Trinajstić information content (AvgIpc) is 1.55. The average molecular weight is 1480 g/mol. The summed E-state index contributed by atoms with van der Waals surface area (Å²) in [5.74, 6) is 3.02. The van der Waals surface area contributed by atoms with Gasteiger partial charge in [-0.25, -0.2) is 0 Å². The SMILES string of the molecule is CCCCCCC1(CCCCCC)c2cc(/C=C3\SC(=S)N(CC)C3=O)sc2-c2sc(-c3cc4c(OCC(CC)CCCC)c5sc(-c6cc7c(s6)-c6sc(/C=C8/SC(=S)N(CC)C8=O)cc6C7(CCCCCC)CCCCCC)cc5c(OCC(CC)CCCC)c4s3)cc21. The van der Waals surface area contributed by atoms with Crippen molar-refractivity contribution < 1.29 is 19.1 Å². The molecule has 0 saturated carbocycles. The van der Waals surface area contributed by atoms with Gasteiger partial charge in [-0.1, -0.05) is 245 Å². The quantitative estimate of drug-likeness (QED) is 0.0214. The Morgan fingerprint density at radius 2 is 0.750 bits per heavy atom. The van der Waals surface area contributed by atoms with Gasteiger partial charge in [0, 0.05) is 83.5 Å². The third-order valence-corrected chi connectivity index (χ3v) is 31.2. The number of hydrogen-bond donors (Lipinski definition) is 0. The highest BCUT2D eigenvalue weighted by Crippen LogP contribution is 2.65. The number of hydrogen-bond acceptors (Lipinski definition) is 14. The first-order valence-corrected chi connectivity index (χ1v) is 44.5. The number of fused-ring (bicyclic) bond motifs is 8. The molecule has 6 aromatic heterocycles. The number of ether oxygens (including phenoxy) is 2. The van der Waals surface area contributed by atoms with E-state index in [1.54, 1.807) is 9.80 Å². The Kier molecular flexibility index (Phi) is 26.4. The van der Waals surface area contributed by atoms with Crippen LogP contribution >= 0.6 is 116 Å². The fraction of sp³-hybridized carbons (Fsp3) is 0.575. The number of thiocarbonyl (C=S) groups is 2. The van der Waals surface area contributed by atoms with Gasteiger partial charge in [0.25, 0.3) is 11.8 Å². The van der Waals surface area contributed by atoms with Crippen LogP contribution in [-0.2, 0) is 20.4 Å². The molecule has 2 unspecified atom stereocenters. The number of carbonyl (C=O) groups excluding carboxylic acids is 2. The minimum absolute atomic E-state index is 0.0307. The minimum Gasteiger partial charge on any atom is -0.491 e. The zero-order valence-corrected chi connectivity index (χ0v) is 67.2. The molecule has 11 rings (SSSR count). The van der Waals surface area contributed by atoms with E-state index >= 15 is 0 Å². The molecule has 8 heterocycles. The fourth-order valence-electron chi connectivity index (χ4n) is 15.3. The van der Waals surface area contributed by atoms with Crippen molar-refractivity contribution in [1.29, 1.82) is 0 Å². The van der Waals surface area contributed by atoms with E-state index in [1.807, 2.05) is 81.9 Å². The fourth-order valence-corrected chi connectivity index (χ4v) is 26.0. The molecule has 518 valence electrons. The predicted octanol–water partition coefficient (Wildman–Crippen LogP) is 27.7. The number of benzene rings is 1. The standard InChI is InChI=1S/C80H104N2O4S10/c1-11-21-27-31-37-79(38-32-28-22-12-2)57-41-53(43-65-75(83)81(19-9)77(87)95-65)89-71(57)73-59(79)47-63(93-73)61-45-55-67(85-49-51(17-7)35-25-15-5)70-56(68(69(55)91-61)86-50-52(18-8)36-26-16-6)46-62(92-70)64-48-60-74(94-64)72-58(80(60,39-33-29-23-13-3)40-34-30-24-14-4)42-54(90-72)44-66-76(84)82(20-10)78(88)96-66/h41-48,51-52H,11-40,49-50H2,1-10H3/b65-43-,66-44+. The largest absolute Gasteiger partial charge is 0.491 e. The zero-order valence-electron chi connectivity index (χ0n) is 59.0. The van der Waals surface area contributed by atoms with Gasteiger partial charge in [-0.3, -0.25) is 19.4 Å². The Balaban J connectivity index is 1.08. The molecule has 6 nitrogen and oxygen atoms in total. The van der Waals surface area contributed by atoms with Crippen molar-refractivity contribution in [3.63, 3.8) is 0 Å². The van der Waals surface area contributed by atoms with Crippen LogP contribution in [-0.4, -0.2) is 56.6 Å². The Labute approximate surface area is 618 Å². The van der Waals surface area contributed by atoms with Crippen LogP contribution in [0.1, 0.15) is 281 Å². The van der Waals surface area contributed by atoms with Gasteiger partial charge in [0.2, 0.25) is 0 Å². The van der Waals surface area contributed by atoms with Gasteiger partial charge in [-0.2, -0.15) is 0 Å². The van der Waals surface area contributed by atoms with Crippen molar-refractivity contribution in [1.82, 2.24) is 9.80 Å². The lowest BCUT2D eigenvalue weighted by Crippen LogP contribution is -2.27. The normalized spacial score (nSPS) is 17.0. The molecule has 1 aromatic carbocycles. The van der Waals surface area contributed by atoms with Crippen LogP contribution < -0.4 is 9.47 Å². The number of nitrogens with zero attached hydrogens (tertiary/aromatic N) is 2. The second kappa shape index (κ2) is 34.2. The van der Waals surface area contributed by atoms with Gasteiger partial charge in [-0.05, 0) is 135 Å². The summed E-state index contributed by atoms with van der Waals surface area (Å²) in [4.78, 5) is 45.6. The highest BCUT2D eigenvalue weighted by molar-refractivity contribution is 8.27. The Morgan fingerprint density at radius 1 is 0.417 bits per heavy atom. The summed E-state index contributed by atoms with van der Waals surface area (Å²) in [5.41, 5.74) is 5.82. The molecule has 2 atom stereocenters. The summed E-state index contributed by atoms with van der Waals surface area (Å²) in [7, 11) is 0. The lowest BCUT2D eigenvalue weighted by molar-refractivity contribution is -0.122. The summed E-state index contributed by atoms with van der Waals surface area (Å²) >= 11 is 25.9. The Hall–Kier alpha value is -3.16. The van der Waals surface area contributed by atoms with Crippen LogP contribution in [0.4, 0.5) is 0 Å². The number of carbonyl (C=O) groups is 2. The third-order valence-electron chi connectivity index (χ3n) is 21.1. The molecule has 16 heteroatoms. The van der Waals surface area contributed by atoms with Gasteiger partial charge in [0.05, 0.1) is 32.4 Å². The second-order valence-electron chi connectivity index (χ2n) is 27.6. The molecule has 2 amide bonds. The molecule has 0 bridgehead atoms. The third kappa shape index (κ3) is 15.3. The van der Waals surface area contributed by atoms with Gasteiger partial charge in [0.1, 0.15) is 20.1 Å². The van der Waals surface area contributed by atoms with E-state index in [9.17, 15) is 9.59 Å². The molecule has 2 aliphatic heterocycles. The highest BCUT2D eigenvalue weighted by Gasteiger charge is 2.48. The Bertz CT molecular complexity index is 3610. The van der Waals surface area contributed by atoms with Crippen molar-refractivity contribution in [3.8, 4) is 50.5 Å². The summed E-state index contributed by atoms with van der Waals surface area (Å²) in [6.07, 6.45) is 37.6. The highest BCUT2D eigenvalue weighted by atomic mass is 32.2. The van der Waals surface area contributed by atoms with Crippen LogP contribution in [0.5, 0.6) is 11.5 Å². The van der Waals surface area contributed by atoms with Crippen molar-refractivity contribution in [3.05, 3.63) is 78.2 Å². The minimum atomic E-state index is -0.0948. The van der Waals surface area contributed by atoms with Gasteiger partial charge in [0.15, 0.2) is 0 Å². The van der Waals surface area contributed by atoms with E-state index in [2.05, 4.69) is 104 Å². The van der Waals surface area contributed by atoms with E-state index < -0.39 is 0 Å². The monoisotopic (exact) mass is 1480 g/mol. The number of amides is 2. The number of unbranched alkanes of at least 4 members (excludes halogenated alkanes) is 14. The maximum atomic E-state index is 13.7. The van der Waals surface area contributed by atoms with Gasteiger partial charge >= 0.3 is 0 Å². The number of rotatable bonds is 40. The molecule has 2 fully saturated rings. The first-order valence-electron chi connectivity index (χ1n) is 37.1. The first-order chi connectivity index (χ1) is 46.8. The van der Waals surface area contributed by atoms with Crippen LogP contribution in [0.25, 0.3) is 71.3 Å². The topological polar surface area (TPSA) is 59.1 Å². The van der Waals surface area contributed by atoms with Crippen molar-refractivity contribution in [2.24, 2.45) is 11.8 Å². The maximum absolute atomic E-state index is 13.7. The maximum Gasteiger partial charge on any atom is 0.266 e. The van der Waals surface area contributed by atoms with E-state index in [-0.39, 0.29) is 22.6 Å². The lowest BCUT2D eigenvalue weighted by Gasteiger charge is -2.31. The molecule has 7 aromatic rings. The summed E-state index contributed by atoms with van der Waals surface area (Å²) in [6.45, 7) is 25.2. The molecule has 96 heavy (non-hydrogen) atoms. The Morgan fingerprint density at radius 3 is 1.07 bits per heavy atom. The molecule has 0 spiro atoms. The van der Waals surface area contributed by atoms with E-state index in [0.29, 0.717) is 46.8 Å². The second-order valence-corrected chi connectivity index (χ2v) is 37.3. The molecule has 2 saturated heterocycles. The van der Waals surface area contributed by atoms with Crippen LogP contribution in [0, 0.1) is 11.8 Å². The van der Waals surface area contributed by atoms with Crippen LogP contribution in [0.3, 0.4) is 0 Å². The number of thioether (sulfide) groups is 2. The van der Waals surface area contributed by atoms with Crippen molar-refractivity contribution >= 4 is 169 Å². The number of thiophene rings is 6. The van der Waals surface area contributed by atoms with E-state index in [0.717, 1.165) is 82.4 Å². The number of likely N-dealkylation sites (N-methyl/N-ethyl adjacent to an activating group) is 2. The van der Waals surface area contributed by atoms with E-state index in [1.165, 1.54) is 233 Å². The first kappa shape index (κ1) is 74.0. The smallest absolute Gasteiger partial charge is 0.266 e. The van der Waals surface area contributed by atoms with Gasteiger partial charge in [-0.15, -0.1) is 68.0 Å². The van der Waals surface area contributed by atoms with Crippen LogP contribution in [0.15, 0.2) is 46.2 Å². The molecule has 4 aliphatic rings. The summed E-state index contributed by atoms with van der Waals surface area (Å²) < 4.78 is 18.8. The lowest BCUT2D eigenvalue weighted by atomic mass is 9.71. The summed E-state index contributed by atoms with van der Waals surface area (Å²) in [5, 5.41) is 2.36. The van der Waals surface area contributed by atoms with Crippen LogP contribution in [0.2, 0.25) is 0 Å². The van der Waals surface area contributed by atoms with Crippen molar-refractivity contribution in [2.75, 3.05) is 26.3 Å². The zero-order chi connectivity index (χ0) is 67.7. The van der Waals surface area contributed by atoms with E-state index in [4.69, 9.17) is 33.9 Å². The van der Waals surface area contributed by atoms with Crippen molar-refractivity contribution in [2.45, 2.75) is 260 Å². The molecule has 0 radical (unpaired) electrons. The summed E-state index contributed by atoms with van der Waals surface area (Å²) in [6, 6.07) is 15.2. The molecular formula is C80H104N2O4S10. The van der Waals surface area contributed by atoms with Gasteiger partial charge < -0.3 is 9.47 Å². The molecule has 0 N–H and O–H groups in total. The predicted molar refractivity (Wildman–Crippen MR) is 436 cm³/mol. The molecule has 2 aliphatic carbocycles. The molecular weight excluding hydrogens is 1370 g/mol.